The second-order valence-electron chi connectivity index (χ2n) is 4.08. The number of hydrogen-bond donors (Lipinski definition) is 0. The maximum atomic E-state index is 14.0. The normalized spacial score (nSPS) is 11.3. The first kappa shape index (κ1) is 12.6. The van der Waals surface area contributed by atoms with Gasteiger partial charge in [-0.1, -0.05) is 6.58 Å². The summed E-state index contributed by atoms with van der Waals surface area (Å²) < 4.78 is 19.2. The third-order valence-electron chi connectivity index (χ3n) is 2.14. The van der Waals surface area contributed by atoms with Crippen LogP contribution in [0.5, 0.6) is 0 Å². The van der Waals surface area contributed by atoms with Gasteiger partial charge >= 0.3 is 0 Å². The number of nitrogens with zero attached hydrogens (tertiary/aromatic N) is 2. The minimum absolute atomic E-state index is 0.357. The van der Waals surface area contributed by atoms with Gasteiger partial charge in [0.25, 0.3) is 0 Å². The van der Waals surface area contributed by atoms with Crippen molar-refractivity contribution in [2.45, 2.75) is 33.4 Å². The van der Waals surface area contributed by atoms with E-state index in [1.54, 1.807) is 13.0 Å². The molecule has 3 nitrogen and oxygen atoms in total. The molecule has 0 aliphatic carbocycles. The van der Waals surface area contributed by atoms with Crippen LogP contribution in [0.1, 0.15) is 37.7 Å². The van der Waals surface area contributed by atoms with Crippen molar-refractivity contribution in [2.75, 3.05) is 6.61 Å². The number of halogens is 1. The molecular weight excluding hydrogens is 207 g/mol. The molecule has 0 spiro atoms. The number of alkyl halides is 1. The van der Waals surface area contributed by atoms with E-state index in [0.717, 1.165) is 0 Å². The van der Waals surface area contributed by atoms with Crippen LogP contribution < -0.4 is 0 Å². The Labute approximate surface area is 95.3 Å². The molecule has 1 rings (SSSR count). The van der Waals surface area contributed by atoms with Crippen molar-refractivity contribution in [3.8, 4) is 0 Å². The Morgan fingerprint density at radius 3 is 2.62 bits per heavy atom. The summed E-state index contributed by atoms with van der Waals surface area (Å²) >= 11 is 0. The van der Waals surface area contributed by atoms with Crippen molar-refractivity contribution in [1.29, 1.82) is 0 Å². The molecule has 0 aliphatic rings. The van der Waals surface area contributed by atoms with Crippen molar-refractivity contribution < 1.29 is 9.13 Å². The first-order chi connectivity index (χ1) is 7.36. The van der Waals surface area contributed by atoms with Crippen molar-refractivity contribution in [3.05, 3.63) is 29.6 Å². The van der Waals surface area contributed by atoms with E-state index in [-0.39, 0.29) is 0 Å². The predicted octanol–water partition coefficient (Wildman–Crippen LogP) is 3.00. The average Bonchev–Trinajstić information content (AvgIpc) is 2.16. The van der Waals surface area contributed by atoms with E-state index in [1.165, 1.54) is 13.8 Å². The summed E-state index contributed by atoms with van der Waals surface area (Å²) in [6, 6.07) is 1.67. The van der Waals surface area contributed by atoms with Crippen LogP contribution in [0.4, 0.5) is 4.39 Å². The van der Waals surface area contributed by atoms with Gasteiger partial charge < -0.3 is 4.74 Å². The smallest absolute Gasteiger partial charge is 0.140 e. The van der Waals surface area contributed by atoms with Gasteiger partial charge in [-0.25, -0.2) is 4.39 Å². The molecule has 1 heterocycles. The quantitative estimate of drug-likeness (QED) is 0.737. The zero-order valence-corrected chi connectivity index (χ0v) is 10.2. The highest BCUT2D eigenvalue weighted by Gasteiger charge is 2.25. The number of aryl methyl sites for hydroxylation is 1. The summed E-state index contributed by atoms with van der Waals surface area (Å²) in [5.41, 5.74) is 0.0305. The topological polar surface area (TPSA) is 35.0 Å². The van der Waals surface area contributed by atoms with Gasteiger partial charge in [0.05, 0.1) is 12.3 Å². The van der Waals surface area contributed by atoms with Gasteiger partial charge in [-0.2, -0.15) is 5.10 Å². The standard InChI is InChI=1S/C12H17FN2O/c1-6-16-9(3)11-10(12(4,5)13)7-8(2)14-15-11/h7H,3,6H2,1-2,4-5H3. The van der Waals surface area contributed by atoms with E-state index in [4.69, 9.17) is 4.74 Å². The summed E-state index contributed by atoms with van der Waals surface area (Å²) in [5.74, 6) is 0.357. The highest BCUT2D eigenvalue weighted by atomic mass is 19.1. The summed E-state index contributed by atoms with van der Waals surface area (Å²) in [4.78, 5) is 0. The van der Waals surface area contributed by atoms with Crippen LogP contribution in [0.25, 0.3) is 5.76 Å². The maximum absolute atomic E-state index is 14.0. The molecule has 88 valence electrons. The lowest BCUT2D eigenvalue weighted by molar-refractivity contribution is 0.217. The van der Waals surface area contributed by atoms with Crippen LogP contribution in [-0.4, -0.2) is 16.8 Å². The fourth-order valence-electron chi connectivity index (χ4n) is 1.39. The van der Waals surface area contributed by atoms with E-state index >= 15 is 0 Å². The molecule has 0 atom stereocenters. The van der Waals surface area contributed by atoms with Crippen LogP contribution in [-0.2, 0) is 10.4 Å². The monoisotopic (exact) mass is 224 g/mol. The number of rotatable bonds is 4. The third-order valence-corrected chi connectivity index (χ3v) is 2.14. The van der Waals surface area contributed by atoms with Crippen LogP contribution in [0.2, 0.25) is 0 Å². The maximum Gasteiger partial charge on any atom is 0.140 e. The molecule has 0 radical (unpaired) electrons. The molecule has 0 saturated carbocycles. The molecule has 0 unspecified atom stereocenters. The molecule has 0 N–H and O–H groups in total. The van der Waals surface area contributed by atoms with Gasteiger partial charge in [0.1, 0.15) is 17.1 Å². The molecule has 1 aromatic heterocycles. The number of ether oxygens (including phenoxy) is 1. The van der Waals surface area contributed by atoms with E-state index in [1.807, 2.05) is 6.92 Å². The Bertz CT molecular complexity index is 396. The lowest BCUT2D eigenvalue weighted by Gasteiger charge is -2.19. The summed E-state index contributed by atoms with van der Waals surface area (Å²) in [7, 11) is 0. The minimum Gasteiger partial charge on any atom is -0.492 e. The van der Waals surface area contributed by atoms with Gasteiger partial charge in [0.15, 0.2) is 0 Å². The highest BCUT2D eigenvalue weighted by molar-refractivity contribution is 5.58. The average molecular weight is 224 g/mol. The molecular formula is C12H17FN2O. The second kappa shape index (κ2) is 4.60. The van der Waals surface area contributed by atoms with Gasteiger partial charge in [-0.15, -0.1) is 5.10 Å². The van der Waals surface area contributed by atoms with Crippen LogP contribution in [0, 0.1) is 6.92 Å². The Hall–Kier alpha value is -1.45. The van der Waals surface area contributed by atoms with Crippen LogP contribution >= 0.6 is 0 Å². The fourth-order valence-corrected chi connectivity index (χ4v) is 1.39. The summed E-state index contributed by atoms with van der Waals surface area (Å²) in [6.45, 7) is 10.8. The third kappa shape index (κ3) is 2.78. The number of aromatic nitrogens is 2. The predicted molar refractivity (Wildman–Crippen MR) is 61.6 cm³/mol. The van der Waals surface area contributed by atoms with E-state index in [2.05, 4.69) is 16.8 Å². The van der Waals surface area contributed by atoms with Gasteiger partial charge in [-0.05, 0) is 33.8 Å². The molecule has 0 bridgehead atoms. The lowest BCUT2D eigenvalue weighted by atomic mass is 9.97. The zero-order chi connectivity index (χ0) is 12.3. The molecule has 0 aromatic carbocycles. The van der Waals surface area contributed by atoms with E-state index < -0.39 is 5.67 Å². The van der Waals surface area contributed by atoms with E-state index in [0.29, 0.717) is 29.3 Å². The van der Waals surface area contributed by atoms with Crippen molar-refractivity contribution >= 4 is 5.76 Å². The van der Waals surface area contributed by atoms with Crippen LogP contribution in [0.3, 0.4) is 0 Å². The summed E-state index contributed by atoms with van der Waals surface area (Å²) in [5, 5.41) is 7.85. The van der Waals surface area contributed by atoms with Gasteiger partial charge in [-0.3, -0.25) is 0 Å². The zero-order valence-electron chi connectivity index (χ0n) is 10.2. The minimum atomic E-state index is -1.49. The largest absolute Gasteiger partial charge is 0.492 e. The SMILES string of the molecule is C=C(OCC)c1nnc(C)cc1C(C)(C)F. The Morgan fingerprint density at radius 1 is 1.50 bits per heavy atom. The van der Waals surface area contributed by atoms with Gasteiger partial charge in [0, 0.05) is 5.56 Å². The first-order valence-corrected chi connectivity index (χ1v) is 5.22. The molecule has 0 amide bonds. The van der Waals surface area contributed by atoms with Crippen molar-refractivity contribution in [1.82, 2.24) is 10.2 Å². The Morgan fingerprint density at radius 2 is 2.12 bits per heavy atom. The van der Waals surface area contributed by atoms with Crippen molar-refractivity contribution in [2.24, 2.45) is 0 Å². The van der Waals surface area contributed by atoms with Gasteiger partial charge in [0.2, 0.25) is 0 Å². The van der Waals surface area contributed by atoms with Crippen molar-refractivity contribution in [3.63, 3.8) is 0 Å². The lowest BCUT2D eigenvalue weighted by Crippen LogP contribution is -2.15. The molecule has 4 heteroatoms. The molecule has 16 heavy (non-hydrogen) atoms. The van der Waals surface area contributed by atoms with E-state index in [9.17, 15) is 4.39 Å². The molecule has 0 saturated heterocycles. The summed E-state index contributed by atoms with van der Waals surface area (Å²) in [6.07, 6.45) is 0. The highest BCUT2D eigenvalue weighted by Crippen LogP contribution is 2.30. The molecule has 0 fully saturated rings. The first-order valence-electron chi connectivity index (χ1n) is 5.22. The Balaban J connectivity index is 3.23. The fraction of sp³-hybridized carbons (Fsp3) is 0.500. The molecule has 0 aliphatic heterocycles. The molecule has 1 aromatic rings. The van der Waals surface area contributed by atoms with Crippen LogP contribution in [0.15, 0.2) is 12.6 Å². The Kier molecular flexibility index (Phi) is 3.62. The number of hydrogen-bond acceptors (Lipinski definition) is 3. The second-order valence-corrected chi connectivity index (χ2v) is 4.08.